The number of nitrogens with one attached hydrogen (secondary N) is 1. The second-order valence-electron chi connectivity index (χ2n) is 9.52. The molecule has 1 aliphatic carbocycles. The van der Waals surface area contributed by atoms with E-state index in [1.807, 2.05) is 40.9 Å². The van der Waals surface area contributed by atoms with Crippen molar-refractivity contribution in [2.45, 2.75) is 57.5 Å². The number of aliphatic hydroxyl groups excluding tert-OH is 1. The van der Waals surface area contributed by atoms with E-state index in [1.54, 1.807) is 18.5 Å². The molecule has 1 amide bonds. The summed E-state index contributed by atoms with van der Waals surface area (Å²) in [6, 6.07) is 11.2. The molecule has 8 heteroatoms. The number of anilines is 2. The average Bonchev–Trinajstić information content (AvgIpc) is 3.26. The van der Waals surface area contributed by atoms with Crippen LogP contribution in [0.2, 0.25) is 0 Å². The normalized spacial score (nSPS) is 18.2. The zero-order valence-electron chi connectivity index (χ0n) is 20.0. The molecule has 4 N–H and O–H groups in total. The van der Waals surface area contributed by atoms with Gasteiger partial charge in [0.25, 0.3) is 5.91 Å². The van der Waals surface area contributed by atoms with Crippen molar-refractivity contribution in [1.82, 2.24) is 19.4 Å². The van der Waals surface area contributed by atoms with Crippen LogP contribution in [0.1, 0.15) is 73.1 Å². The number of amides is 1. The number of carbonyl (C=O) groups excluding carboxylic acids is 1. The second kappa shape index (κ2) is 9.46. The maximum Gasteiger partial charge on any atom is 0.256 e. The summed E-state index contributed by atoms with van der Waals surface area (Å²) < 4.78 is 2.01. The van der Waals surface area contributed by atoms with Crippen molar-refractivity contribution in [3.8, 4) is 11.3 Å². The number of nitrogens with zero attached hydrogens (tertiary/aromatic N) is 4. The minimum Gasteiger partial charge on any atom is -0.393 e. The van der Waals surface area contributed by atoms with Crippen molar-refractivity contribution in [3.05, 3.63) is 71.9 Å². The van der Waals surface area contributed by atoms with Crippen LogP contribution in [0.5, 0.6) is 0 Å². The Hall–Kier alpha value is -3.78. The maximum absolute atomic E-state index is 13.1. The number of aromatic nitrogens is 4. The van der Waals surface area contributed by atoms with Crippen LogP contribution in [0.3, 0.4) is 0 Å². The third-order valence-corrected chi connectivity index (χ3v) is 6.76. The van der Waals surface area contributed by atoms with Crippen molar-refractivity contribution in [2.24, 2.45) is 0 Å². The van der Waals surface area contributed by atoms with Gasteiger partial charge in [0, 0.05) is 35.6 Å². The third kappa shape index (κ3) is 4.61. The molecular weight excluding hydrogens is 440 g/mol. The molecular formula is C27H30N6O2. The zero-order valence-corrected chi connectivity index (χ0v) is 20.0. The number of fused-ring (bicyclic) bond motifs is 1. The summed E-state index contributed by atoms with van der Waals surface area (Å²) in [5.74, 6) is 2.16. The predicted molar refractivity (Wildman–Crippen MR) is 136 cm³/mol. The van der Waals surface area contributed by atoms with Crippen LogP contribution in [0.15, 0.2) is 55.0 Å². The first-order valence-electron chi connectivity index (χ1n) is 12.1. The summed E-state index contributed by atoms with van der Waals surface area (Å²) in [5, 5.41) is 12.9. The monoisotopic (exact) mass is 470 g/mol. The number of pyridine rings is 1. The van der Waals surface area contributed by atoms with Gasteiger partial charge in [-0.25, -0.2) is 15.0 Å². The fraction of sp³-hybridized carbons (Fsp3) is 0.333. The minimum absolute atomic E-state index is 0.229. The summed E-state index contributed by atoms with van der Waals surface area (Å²) in [7, 11) is 0. The summed E-state index contributed by atoms with van der Waals surface area (Å²) in [5.41, 5.74) is 10.1. The molecule has 1 aliphatic rings. The Kier molecular flexibility index (Phi) is 6.21. The highest BCUT2D eigenvalue weighted by Crippen LogP contribution is 2.37. The fourth-order valence-electron chi connectivity index (χ4n) is 4.78. The fourth-order valence-corrected chi connectivity index (χ4v) is 4.78. The van der Waals surface area contributed by atoms with Crippen molar-refractivity contribution in [2.75, 3.05) is 11.1 Å². The molecule has 4 aromatic rings. The van der Waals surface area contributed by atoms with Crippen LogP contribution < -0.4 is 11.1 Å². The molecule has 35 heavy (non-hydrogen) atoms. The lowest BCUT2D eigenvalue weighted by atomic mass is 9.87. The number of hydrogen-bond donors (Lipinski definition) is 3. The third-order valence-electron chi connectivity index (χ3n) is 6.76. The standard InChI is InChI=1S/C27H30N6O2/c1-16(2)18-10-11-29-22(15-18)31-27(35)20-5-3-4-19(14-20)23-24-25(28)30-12-13-33(24)26(32-23)17-6-8-21(34)9-7-17/h3-5,10-17,21,34H,6-9H2,1-2H3,(H2,28,30)(H,29,31,35). The van der Waals surface area contributed by atoms with E-state index >= 15 is 0 Å². The zero-order chi connectivity index (χ0) is 24.5. The predicted octanol–water partition coefficient (Wildman–Crippen LogP) is 4.77. The van der Waals surface area contributed by atoms with Gasteiger partial charge in [0.1, 0.15) is 28.7 Å². The molecule has 0 spiro atoms. The van der Waals surface area contributed by atoms with E-state index in [0.29, 0.717) is 28.8 Å². The average molecular weight is 471 g/mol. The van der Waals surface area contributed by atoms with Crippen LogP contribution in [-0.2, 0) is 0 Å². The van der Waals surface area contributed by atoms with Gasteiger partial charge in [0.05, 0.1) is 6.10 Å². The van der Waals surface area contributed by atoms with Crippen LogP contribution in [0.4, 0.5) is 11.6 Å². The summed E-state index contributed by atoms with van der Waals surface area (Å²) in [6.07, 6.45) is 8.28. The minimum atomic E-state index is -0.241. The SMILES string of the molecule is CC(C)c1ccnc(NC(=O)c2cccc(-c3nc(C4CCC(O)CC4)n4ccnc(N)c34)c2)c1. The highest BCUT2D eigenvalue weighted by molar-refractivity contribution is 6.04. The largest absolute Gasteiger partial charge is 0.393 e. The van der Waals surface area contributed by atoms with Crippen LogP contribution >= 0.6 is 0 Å². The first kappa shape index (κ1) is 23.0. The molecule has 5 rings (SSSR count). The van der Waals surface area contributed by atoms with Crippen molar-refractivity contribution >= 4 is 23.1 Å². The Labute approximate surface area is 204 Å². The summed E-state index contributed by atoms with van der Waals surface area (Å²) in [6.45, 7) is 4.20. The lowest BCUT2D eigenvalue weighted by molar-refractivity contribution is 0.102. The molecule has 180 valence electrons. The molecule has 1 aromatic carbocycles. The summed E-state index contributed by atoms with van der Waals surface area (Å²) >= 11 is 0. The first-order chi connectivity index (χ1) is 16.9. The molecule has 0 atom stereocenters. The first-order valence-corrected chi connectivity index (χ1v) is 12.1. The van der Waals surface area contributed by atoms with Gasteiger partial charge in [-0.15, -0.1) is 0 Å². The molecule has 1 saturated carbocycles. The molecule has 0 unspecified atom stereocenters. The molecule has 0 aliphatic heterocycles. The molecule has 0 bridgehead atoms. The molecule has 0 saturated heterocycles. The van der Waals surface area contributed by atoms with E-state index in [9.17, 15) is 9.90 Å². The number of aliphatic hydroxyl groups is 1. The van der Waals surface area contributed by atoms with E-state index in [-0.39, 0.29) is 17.9 Å². The molecule has 1 fully saturated rings. The van der Waals surface area contributed by atoms with Gasteiger partial charge in [-0.05, 0) is 61.4 Å². The number of nitrogens with two attached hydrogens (primary N) is 1. The second-order valence-corrected chi connectivity index (χ2v) is 9.52. The van der Waals surface area contributed by atoms with E-state index < -0.39 is 0 Å². The Morgan fingerprint density at radius 1 is 1.11 bits per heavy atom. The number of benzene rings is 1. The Morgan fingerprint density at radius 2 is 1.91 bits per heavy atom. The van der Waals surface area contributed by atoms with Crippen molar-refractivity contribution in [3.63, 3.8) is 0 Å². The van der Waals surface area contributed by atoms with E-state index in [2.05, 4.69) is 29.1 Å². The van der Waals surface area contributed by atoms with Crippen LogP contribution in [0, 0.1) is 0 Å². The lowest BCUT2D eigenvalue weighted by Gasteiger charge is -2.24. The van der Waals surface area contributed by atoms with Gasteiger partial charge in [-0.2, -0.15) is 0 Å². The smallest absolute Gasteiger partial charge is 0.256 e. The Balaban J connectivity index is 1.49. The van der Waals surface area contributed by atoms with Gasteiger partial charge in [0.2, 0.25) is 0 Å². The van der Waals surface area contributed by atoms with Gasteiger partial charge in [0.15, 0.2) is 0 Å². The lowest BCUT2D eigenvalue weighted by Crippen LogP contribution is -2.18. The number of rotatable bonds is 5. The van der Waals surface area contributed by atoms with Gasteiger partial charge >= 0.3 is 0 Å². The van der Waals surface area contributed by atoms with E-state index in [1.165, 1.54) is 0 Å². The maximum atomic E-state index is 13.1. The van der Waals surface area contributed by atoms with Crippen molar-refractivity contribution in [1.29, 1.82) is 0 Å². The van der Waals surface area contributed by atoms with Crippen LogP contribution in [0.25, 0.3) is 16.8 Å². The van der Waals surface area contributed by atoms with E-state index in [4.69, 9.17) is 10.7 Å². The van der Waals surface area contributed by atoms with Crippen LogP contribution in [-0.4, -0.2) is 36.5 Å². The highest BCUT2D eigenvalue weighted by atomic mass is 16.3. The van der Waals surface area contributed by atoms with Gasteiger partial charge < -0.3 is 16.2 Å². The van der Waals surface area contributed by atoms with Crippen molar-refractivity contribution < 1.29 is 9.90 Å². The molecule has 3 aromatic heterocycles. The van der Waals surface area contributed by atoms with Gasteiger partial charge in [-0.3, -0.25) is 9.20 Å². The number of nitrogen functional groups attached to an aromatic ring is 1. The topological polar surface area (TPSA) is 118 Å². The Morgan fingerprint density at radius 3 is 2.69 bits per heavy atom. The molecule has 0 radical (unpaired) electrons. The molecule has 8 nitrogen and oxygen atoms in total. The number of hydrogen-bond acceptors (Lipinski definition) is 6. The highest BCUT2D eigenvalue weighted by Gasteiger charge is 2.27. The number of carbonyl (C=O) groups is 1. The summed E-state index contributed by atoms with van der Waals surface area (Å²) in [4.78, 5) is 26.6. The molecule has 3 heterocycles. The number of imidazole rings is 1. The van der Waals surface area contributed by atoms with Gasteiger partial charge in [-0.1, -0.05) is 26.0 Å². The van der Waals surface area contributed by atoms with E-state index in [0.717, 1.165) is 48.2 Å². The Bertz CT molecular complexity index is 1370. The quantitative estimate of drug-likeness (QED) is 0.387.